The zero-order chi connectivity index (χ0) is 12.9. The van der Waals surface area contributed by atoms with Crippen molar-refractivity contribution in [1.82, 2.24) is 9.78 Å². The van der Waals surface area contributed by atoms with Crippen LogP contribution in [0.2, 0.25) is 5.15 Å². The third kappa shape index (κ3) is 1.61. The Morgan fingerprint density at radius 3 is 2.39 bits per heavy atom. The van der Waals surface area contributed by atoms with Gasteiger partial charge in [0.15, 0.2) is 17.5 Å². The van der Waals surface area contributed by atoms with Gasteiger partial charge in [0.2, 0.25) is 0 Å². The van der Waals surface area contributed by atoms with Gasteiger partial charge >= 0.3 is 0 Å². The Balaban J connectivity index is 2.16. The molecule has 1 aromatic heterocycles. The molecule has 0 spiro atoms. The van der Waals surface area contributed by atoms with E-state index < -0.39 is 17.5 Å². The highest BCUT2D eigenvalue weighted by Gasteiger charge is 2.22. The summed E-state index contributed by atoms with van der Waals surface area (Å²) in [5, 5.41) is 4.54. The number of nitrogens with zero attached hydrogens (tertiary/aromatic N) is 2. The van der Waals surface area contributed by atoms with Crippen LogP contribution in [0.1, 0.15) is 17.7 Å². The van der Waals surface area contributed by atoms with Gasteiger partial charge in [-0.2, -0.15) is 5.10 Å². The number of fused-ring (bicyclic) bond motifs is 1. The first-order valence-corrected chi connectivity index (χ1v) is 5.87. The van der Waals surface area contributed by atoms with Crippen molar-refractivity contribution in [2.45, 2.75) is 19.3 Å². The minimum absolute atomic E-state index is 0.0887. The second-order valence-electron chi connectivity index (χ2n) is 4.20. The largest absolute Gasteiger partial charge is 0.221 e. The molecule has 0 saturated heterocycles. The number of halogens is 4. The average molecular weight is 273 g/mol. The van der Waals surface area contributed by atoms with Gasteiger partial charge in [0, 0.05) is 17.7 Å². The third-order valence-electron chi connectivity index (χ3n) is 3.06. The summed E-state index contributed by atoms with van der Waals surface area (Å²) in [5.41, 5.74) is 1.83. The molecule has 94 valence electrons. The van der Waals surface area contributed by atoms with Crippen LogP contribution in [0.5, 0.6) is 0 Å². The van der Waals surface area contributed by atoms with E-state index >= 15 is 0 Å². The molecule has 0 amide bonds. The van der Waals surface area contributed by atoms with E-state index in [0.717, 1.165) is 42.7 Å². The van der Waals surface area contributed by atoms with Crippen LogP contribution >= 0.6 is 11.6 Å². The monoisotopic (exact) mass is 272 g/mol. The first kappa shape index (κ1) is 11.6. The van der Waals surface area contributed by atoms with Gasteiger partial charge in [-0.05, 0) is 19.3 Å². The van der Waals surface area contributed by atoms with Gasteiger partial charge in [0.1, 0.15) is 5.15 Å². The number of rotatable bonds is 1. The van der Waals surface area contributed by atoms with Crippen LogP contribution in [0.4, 0.5) is 13.2 Å². The summed E-state index contributed by atoms with van der Waals surface area (Å²) < 4.78 is 40.4. The van der Waals surface area contributed by atoms with Crippen LogP contribution in [0.3, 0.4) is 0 Å². The Kier molecular flexibility index (Phi) is 2.59. The number of benzene rings is 1. The van der Waals surface area contributed by atoms with Crippen molar-refractivity contribution in [3.05, 3.63) is 46.0 Å². The Morgan fingerprint density at radius 1 is 1.11 bits per heavy atom. The molecular weight excluding hydrogens is 265 g/mol. The second kappa shape index (κ2) is 4.02. The molecule has 0 saturated carbocycles. The summed E-state index contributed by atoms with van der Waals surface area (Å²) >= 11 is 6.11. The van der Waals surface area contributed by atoms with Gasteiger partial charge in [0.25, 0.3) is 0 Å². The Hall–Kier alpha value is -1.49. The van der Waals surface area contributed by atoms with Gasteiger partial charge < -0.3 is 0 Å². The quantitative estimate of drug-likeness (QED) is 0.727. The highest BCUT2D eigenvalue weighted by atomic mass is 35.5. The fraction of sp³-hybridized carbons (Fsp3) is 0.250. The smallest absolute Gasteiger partial charge is 0.194 e. The molecule has 2 nitrogen and oxygen atoms in total. The van der Waals surface area contributed by atoms with E-state index in [9.17, 15) is 13.2 Å². The Morgan fingerprint density at radius 2 is 1.78 bits per heavy atom. The molecule has 0 unspecified atom stereocenters. The molecule has 1 aliphatic carbocycles. The minimum Gasteiger partial charge on any atom is -0.221 e. The average Bonchev–Trinajstić information content (AvgIpc) is 2.89. The molecule has 6 heteroatoms. The molecule has 0 atom stereocenters. The van der Waals surface area contributed by atoms with Gasteiger partial charge in [-0.25, -0.2) is 17.9 Å². The van der Waals surface area contributed by atoms with E-state index in [0.29, 0.717) is 5.15 Å². The first-order valence-electron chi connectivity index (χ1n) is 5.49. The predicted molar refractivity (Wildman–Crippen MR) is 60.5 cm³/mol. The lowest BCUT2D eigenvalue weighted by Gasteiger charge is -2.05. The van der Waals surface area contributed by atoms with Crippen LogP contribution in [-0.2, 0) is 12.8 Å². The highest BCUT2D eigenvalue weighted by molar-refractivity contribution is 6.30. The second-order valence-corrected chi connectivity index (χ2v) is 4.56. The molecule has 0 bridgehead atoms. The summed E-state index contributed by atoms with van der Waals surface area (Å²) in [6, 6.07) is 1.76. The van der Waals surface area contributed by atoms with E-state index in [1.165, 1.54) is 4.68 Å². The van der Waals surface area contributed by atoms with E-state index in [4.69, 9.17) is 11.6 Å². The molecule has 0 N–H and O–H groups in total. The van der Waals surface area contributed by atoms with Crippen LogP contribution in [0, 0.1) is 17.5 Å². The highest BCUT2D eigenvalue weighted by Crippen LogP contribution is 2.31. The molecule has 3 rings (SSSR count). The lowest BCUT2D eigenvalue weighted by atomic mass is 10.2. The number of hydrogen-bond acceptors (Lipinski definition) is 1. The maximum Gasteiger partial charge on any atom is 0.194 e. The van der Waals surface area contributed by atoms with Crippen molar-refractivity contribution in [2.24, 2.45) is 0 Å². The van der Waals surface area contributed by atoms with E-state index in [2.05, 4.69) is 5.10 Å². The third-order valence-corrected chi connectivity index (χ3v) is 3.45. The van der Waals surface area contributed by atoms with Crippen molar-refractivity contribution in [1.29, 1.82) is 0 Å². The van der Waals surface area contributed by atoms with Crippen LogP contribution in [-0.4, -0.2) is 9.78 Å². The van der Waals surface area contributed by atoms with Crippen molar-refractivity contribution in [3.8, 4) is 5.69 Å². The molecule has 2 aromatic rings. The van der Waals surface area contributed by atoms with Crippen molar-refractivity contribution < 1.29 is 13.2 Å². The lowest BCUT2D eigenvalue weighted by molar-refractivity contribution is 0.446. The number of hydrogen-bond donors (Lipinski definition) is 0. The van der Waals surface area contributed by atoms with Crippen molar-refractivity contribution in [3.63, 3.8) is 0 Å². The molecular formula is C12H8ClF3N2. The van der Waals surface area contributed by atoms with Gasteiger partial charge in [-0.15, -0.1) is 0 Å². The van der Waals surface area contributed by atoms with Crippen LogP contribution < -0.4 is 0 Å². The fourth-order valence-electron chi connectivity index (χ4n) is 2.19. The number of aromatic nitrogens is 2. The summed E-state index contributed by atoms with van der Waals surface area (Å²) in [6.07, 6.45) is 2.58. The Bertz CT molecular complexity index is 613. The topological polar surface area (TPSA) is 17.8 Å². The maximum atomic E-state index is 13.2. The molecule has 0 fully saturated rings. The minimum atomic E-state index is -1.49. The van der Waals surface area contributed by atoms with E-state index in [1.54, 1.807) is 0 Å². The van der Waals surface area contributed by atoms with Gasteiger partial charge in [-0.3, -0.25) is 0 Å². The molecule has 18 heavy (non-hydrogen) atoms. The van der Waals surface area contributed by atoms with Crippen molar-refractivity contribution in [2.75, 3.05) is 0 Å². The van der Waals surface area contributed by atoms with E-state index in [1.807, 2.05) is 0 Å². The predicted octanol–water partition coefficient (Wildman–Crippen LogP) is 3.43. The Labute approximate surface area is 106 Å². The summed E-state index contributed by atoms with van der Waals surface area (Å²) in [7, 11) is 0. The summed E-state index contributed by atoms with van der Waals surface area (Å²) in [4.78, 5) is 0. The first-order chi connectivity index (χ1) is 8.58. The summed E-state index contributed by atoms with van der Waals surface area (Å²) in [5.74, 6) is -4.00. The van der Waals surface area contributed by atoms with Crippen molar-refractivity contribution >= 4 is 11.6 Å². The van der Waals surface area contributed by atoms with Crippen LogP contribution in [0.25, 0.3) is 5.69 Å². The lowest BCUT2D eigenvalue weighted by Crippen LogP contribution is -2.02. The SMILES string of the molecule is Fc1cc(-n2nc3c(c2Cl)CCC3)cc(F)c1F. The molecule has 0 aliphatic heterocycles. The normalized spacial score (nSPS) is 14.0. The molecule has 1 aromatic carbocycles. The van der Waals surface area contributed by atoms with Gasteiger partial charge in [0.05, 0.1) is 11.4 Å². The summed E-state index contributed by atoms with van der Waals surface area (Å²) in [6.45, 7) is 0. The van der Waals surface area contributed by atoms with Crippen LogP contribution in [0.15, 0.2) is 12.1 Å². The van der Waals surface area contributed by atoms with Gasteiger partial charge in [-0.1, -0.05) is 11.6 Å². The fourth-order valence-corrected chi connectivity index (χ4v) is 2.53. The maximum absolute atomic E-state index is 13.2. The molecule has 1 heterocycles. The zero-order valence-corrected chi connectivity index (χ0v) is 9.94. The van der Waals surface area contributed by atoms with E-state index in [-0.39, 0.29) is 5.69 Å². The number of aryl methyl sites for hydroxylation is 1. The zero-order valence-electron chi connectivity index (χ0n) is 9.18. The standard InChI is InChI=1S/C12H8ClF3N2/c13-12-7-2-1-3-10(7)17-18(12)6-4-8(14)11(16)9(15)5-6/h4-5H,1-3H2. The molecule has 0 radical (unpaired) electrons. The molecule has 1 aliphatic rings.